The molecule has 0 heterocycles. The molecule has 0 bridgehead atoms. The molecule has 0 aliphatic heterocycles. The second-order valence-electron chi connectivity index (χ2n) is 2.12. The van der Waals surface area contributed by atoms with Gasteiger partial charge < -0.3 is 10.5 Å². The van der Waals surface area contributed by atoms with E-state index in [1.165, 1.54) is 0 Å². The van der Waals surface area contributed by atoms with E-state index in [4.69, 9.17) is 10.5 Å². The van der Waals surface area contributed by atoms with Gasteiger partial charge in [-0.1, -0.05) is 6.92 Å². The minimum Gasteiger partial charge on any atom is -0.387 e. The first kappa shape index (κ1) is 9.43. The van der Waals surface area contributed by atoms with Crippen LogP contribution in [0.15, 0.2) is 4.99 Å². The summed E-state index contributed by atoms with van der Waals surface area (Å²) < 4.78 is 4.81. The first-order chi connectivity index (χ1) is 4.81. The summed E-state index contributed by atoms with van der Waals surface area (Å²) in [6.07, 6.45) is 1.95. The number of methoxy groups -OCH3 is 1. The van der Waals surface area contributed by atoms with Crippen molar-refractivity contribution >= 4 is 5.84 Å². The lowest BCUT2D eigenvalue weighted by molar-refractivity contribution is 0.208. The van der Waals surface area contributed by atoms with Crippen molar-refractivity contribution in [2.45, 2.75) is 19.8 Å². The quantitative estimate of drug-likeness (QED) is 0.352. The summed E-state index contributed by atoms with van der Waals surface area (Å²) in [6, 6.07) is 0. The third-order valence-corrected chi connectivity index (χ3v) is 1.12. The van der Waals surface area contributed by atoms with Crippen molar-refractivity contribution in [1.29, 1.82) is 0 Å². The second kappa shape index (κ2) is 6.55. The molecule has 0 aliphatic rings. The molecule has 0 aromatic heterocycles. The van der Waals surface area contributed by atoms with Gasteiger partial charge in [0.05, 0.1) is 19.0 Å². The Morgan fingerprint density at radius 1 is 1.60 bits per heavy atom. The smallest absolute Gasteiger partial charge is 0.0937 e. The highest BCUT2D eigenvalue weighted by molar-refractivity contribution is 5.80. The van der Waals surface area contributed by atoms with Crippen LogP contribution in [0.4, 0.5) is 0 Å². The molecule has 10 heavy (non-hydrogen) atoms. The van der Waals surface area contributed by atoms with Crippen molar-refractivity contribution in [2.75, 3.05) is 20.3 Å². The van der Waals surface area contributed by atoms with Gasteiger partial charge in [0.15, 0.2) is 0 Å². The molecule has 0 unspecified atom stereocenters. The fraction of sp³-hybridized carbons (Fsp3) is 0.857. The summed E-state index contributed by atoms with van der Waals surface area (Å²) in [7, 11) is 1.66. The summed E-state index contributed by atoms with van der Waals surface area (Å²) >= 11 is 0. The standard InChI is InChI=1S/C7H16N2O/c1-3-4-7(8)9-5-6-10-2/h3-6H2,1-2H3,(H2,8,9). The molecule has 60 valence electrons. The molecule has 0 spiro atoms. The zero-order chi connectivity index (χ0) is 7.82. The lowest BCUT2D eigenvalue weighted by Crippen LogP contribution is -2.12. The van der Waals surface area contributed by atoms with Gasteiger partial charge in [-0.2, -0.15) is 0 Å². The number of amidine groups is 1. The van der Waals surface area contributed by atoms with Crippen LogP contribution in [0.25, 0.3) is 0 Å². The number of nitrogens with zero attached hydrogens (tertiary/aromatic N) is 1. The summed E-state index contributed by atoms with van der Waals surface area (Å²) in [5, 5.41) is 0. The highest BCUT2D eigenvalue weighted by Gasteiger charge is 1.87. The van der Waals surface area contributed by atoms with Crippen LogP contribution in [0.5, 0.6) is 0 Å². The molecule has 0 aromatic carbocycles. The van der Waals surface area contributed by atoms with Crippen molar-refractivity contribution in [1.82, 2.24) is 0 Å². The first-order valence-corrected chi connectivity index (χ1v) is 3.59. The SMILES string of the molecule is CCCC(N)=NCCOC. The topological polar surface area (TPSA) is 47.6 Å². The van der Waals surface area contributed by atoms with Crippen LogP contribution < -0.4 is 5.73 Å². The van der Waals surface area contributed by atoms with Gasteiger partial charge in [-0.25, -0.2) is 0 Å². The summed E-state index contributed by atoms with van der Waals surface area (Å²) in [6.45, 7) is 3.42. The Balaban J connectivity index is 3.28. The second-order valence-corrected chi connectivity index (χ2v) is 2.12. The van der Waals surface area contributed by atoms with Gasteiger partial charge in [0.2, 0.25) is 0 Å². The maximum absolute atomic E-state index is 5.52. The molecule has 2 N–H and O–H groups in total. The summed E-state index contributed by atoms with van der Waals surface area (Å²) in [5.41, 5.74) is 5.52. The molecule has 3 heteroatoms. The van der Waals surface area contributed by atoms with Gasteiger partial charge in [0.25, 0.3) is 0 Å². The summed E-state index contributed by atoms with van der Waals surface area (Å²) in [4.78, 5) is 4.07. The Bertz CT molecular complexity index is 102. The Morgan fingerprint density at radius 2 is 2.30 bits per heavy atom. The number of aliphatic imine (C=N–C) groups is 1. The van der Waals surface area contributed by atoms with Crippen LogP contribution in [-0.4, -0.2) is 26.1 Å². The van der Waals surface area contributed by atoms with E-state index in [2.05, 4.69) is 11.9 Å². The largest absolute Gasteiger partial charge is 0.387 e. The molecule has 0 aliphatic carbocycles. The normalized spacial score (nSPS) is 12.0. The molecule has 0 fully saturated rings. The molecular weight excluding hydrogens is 128 g/mol. The third kappa shape index (κ3) is 5.56. The van der Waals surface area contributed by atoms with Gasteiger partial charge >= 0.3 is 0 Å². The molecule has 0 atom stereocenters. The summed E-state index contributed by atoms with van der Waals surface area (Å²) in [5.74, 6) is 0.736. The average Bonchev–Trinajstić information content (AvgIpc) is 1.89. The maximum atomic E-state index is 5.52. The molecule has 3 nitrogen and oxygen atoms in total. The van der Waals surface area contributed by atoms with E-state index in [1.807, 2.05) is 0 Å². The van der Waals surface area contributed by atoms with Crippen LogP contribution in [-0.2, 0) is 4.74 Å². The Hall–Kier alpha value is -0.570. The molecule has 0 saturated carbocycles. The van der Waals surface area contributed by atoms with Crippen molar-refractivity contribution in [2.24, 2.45) is 10.7 Å². The Morgan fingerprint density at radius 3 is 2.80 bits per heavy atom. The van der Waals surface area contributed by atoms with Crippen LogP contribution in [0, 0.1) is 0 Å². The third-order valence-electron chi connectivity index (χ3n) is 1.12. The minimum absolute atomic E-state index is 0.657. The number of hydrogen-bond acceptors (Lipinski definition) is 2. The first-order valence-electron chi connectivity index (χ1n) is 3.59. The molecular formula is C7H16N2O. The van der Waals surface area contributed by atoms with Crippen molar-refractivity contribution in [3.05, 3.63) is 0 Å². The maximum Gasteiger partial charge on any atom is 0.0937 e. The number of rotatable bonds is 5. The van der Waals surface area contributed by atoms with Gasteiger partial charge in [0.1, 0.15) is 0 Å². The fourth-order valence-corrected chi connectivity index (χ4v) is 0.616. The van der Waals surface area contributed by atoms with E-state index in [9.17, 15) is 0 Å². The van der Waals surface area contributed by atoms with Crippen LogP contribution >= 0.6 is 0 Å². The van der Waals surface area contributed by atoms with E-state index in [1.54, 1.807) is 7.11 Å². The number of nitrogens with two attached hydrogens (primary N) is 1. The molecule has 0 radical (unpaired) electrons. The molecule has 0 rings (SSSR count). The van der Waals surface area contributed by atoms with E-state index in [0.717, 1.165) is 18.7 Å². The molecule has 0 saturated heterocycles. The van der Waals surface area contributed by atoms with Gasteiger partial charge in [-0.05, 0) is 6.42 Å². The lowest BCUT2D eigenvalue weighted by Gasteiger charge is -1.96. The van der Waals surface area contributed by atoms with E-state index >= 15 is 0 Å². The number of hydrogen-bond donors (Lipinski definition) is 1. The highest BCUT2D eigenvalue weighted by Crippen LogP contribution is 1.86. The minimum atomic E-state index is 0.657. The van der Waals surface area contributed by atoms with Crippen molar-refractivity contribution < 1.29 is 4.74 Å². The fourth-order valence-electron chi connectivity index (χ4n) is 0.616. The van der Waals surface area contributed by atoms with Crippen LogP contribution in [0.3, 0.4) is 0 Å². The molecule has 0 aromatic rings. The van der Waals surface area contributed by atoms with E-state index in [-0.39, 0.29) is 0 Å². The predicted octanol–water partition coefficient (Wildman–Crippen LogP) is 0.790. The van der Waals surface area contributed by atoms with Crippen molar-refractivity contribution in [3.63, 3.8) is 0 Å². The van der Waals surface area contributed by atoms with Gasteiger partial charge in [-0.15, -0.1) is 0 Å². The average molecular weight is 144 g/mol. The number of ether oxygens (including phenoxy) is 1. The van der Waals surface area contributed by atoms with E-state index in [0.29, 0.717) is 13.2 Å². The zero-order valence-corrected chi connectivity index (χ0v) is 6.76. The van der Waals surface area contributed by atoms with E-state index < -0.39 is 0 Å². The highest BCUT2D eigenvalue weighted by atomic mass is 16.5. The Kier molecular flexibility index (Phi) is 6.18. The monoisotopic (exact) mass is 144 g/mol. The van der Waals surface area contributed by atoms with Crippen molar-refractivity contribution in [3.8, 4) is 0 Å². The Labute approximate surface area is 62.3 Å². The van der Waals surface area contributed by atoms with Gasteiger partial charge in [0, 0.05) is 13.5 Å². The van der Waals surface area contributed by atoms with Gasteiger partial charge in [-0.3, -0.25) is 4.99 Å². The van der Waals surface area contributed by atoms with Crippen LogP contribution in [0.1, 0.15) is 19.8 Å². The van der Waals surface area contributed by atoms with Crippen LogP contribution in [0.2, 0.25) is 0 Å². The molecule has 0 amide bonds. The zero-order valence-electron chi connectivity index (χ0n) is 6.76. The lowest BCUT2D eigenvalue weighted by atomic mass is 10.3. The predicted molar refractivity (Wildman–Crippen MR) is 43.3 cm³/mol.